The Morgan fingerprint density at radius 1 is 1.45 bits per heavy atom. The fourth-order valence-electron chi connectivity index (χ4n) is 2.20. The SMILES string of the molecule is CC(C)(C)C1=CC=CN(OC(=O)N2CCCCC2N)N1. The molecule has 112 valence electrons. The van der Waals surface area contributed by atoms with Crippen LogP contribution in [-0.2, 0) is 4.84 Å². The molecule has 0 radical (unpaired) electrons. The van der Waals surface area contributed by atoms with E-state index in [1.54, 1.807) is 11.1 Å². The molecule has 2 aliphatic rings. The Hall–Kier alpha value is -1.69. The minimum atomic E-state index is -0.412. The lowest BCUT2D eigenvalue weighted by molar-refractivity contribution is -0.112. The maximum Gasteiger partial charge on any atom is 0.437 e. The summed E-state index contributed by atoms with van der Waals surface area (Å²) in [4.78, 5) is 19.0. The molecule has 1 atom stereocenters. The zero-order valence-electron chi connectivity index (χ0n) is 12.4. The molecule has 0 aliphatic carbocycles. The summed E-state index contributed by atoms with van der Waals surface area (Å²) in [5.41, 5.74) is 9.95. The Morgan fingerprint density at radius 2 is 2.20 bits per heavy atom. The first-order chi connectivity index (χ1) is 9.38. The van der Waals surface area contributed by atoms with Crippen LogP contribution in [0.2, 0.25) is 0 Å². The maximum absolute atomic E-state index is 12.1. The second-order valence-electron chi connectivity index (χ2n) is 6.22. The molecule has 2 rings (SSSR count). The van der Waals surface area contributed by atoms with Crippen LogP contribution >= 0.6 is 0 Å². The normalized spacial score (nSPS) is 23.2. The number of hydrogen-bond acceptors (Lipinski definition) is 5. The Morgan fingerprint density at radius 3 is 2.85 bits per heavy atom. The lowest BCUT2D eigenvalue weighted by Crippen LogP contribution is -2.51. The summed E-state index contributed by atoms with van der Waals surface area (Å²) in [5.74, 6) is 0. The number of piperidine rings is 1. The Balaban J connectivity index is 1.93. The van der Waals surface area contributed by atoms with Gasteiger partial charge in [-0.05, 0) is 31.4 Å². The van der Waals surface area contributed by atoms with E-state index in [0.29, 0.717) is 6.54 Å². The summed E-state index contributed by atoms with van der Waals surface area (Å²) in [6.07, 6.45) is 7.68. The molecule has 0 saturated carbocycles. The van der Waals surface area contributed by atoms with Crippen molar-refractivity contribution in [3.05, 3.63) is 24.0 Å². The zero-order valence-corrected chi connectivity index (χ0v) is 12.4. The van der Waals surface area contributed by atoms with Crippen LogP contribution in [-0.4, -0.2) is 28.9 Å². The predicted octanol–water partition coefficient (Wildman–Crippen LogP) is 2.07. The van der Waals surface area contributed by atoms with E-state index >= 15 is 0 Å². The third kappa shape index (κ3) is 3.45. The molecule has 0 bridgehead atoms. The van der Waals surface area contributed by atoms with Crippen molar-refractivity contribution in [3.8, 4) is 0 Å². The fraction of sp³-hybridized carbons (Fsp3) is 0.643. The van der Waals surface area contributed by atoms with Gasteiger partial charge in [-0.25, -0.2) is 4.79 Å². The second-order valence-corrected chi connectivity index (χ2v) is 6.22. The van der Waals surface area contributed by atoms with E-state index in [1.165, 1.54) is 5.17 Å². The molecule has 6 heteroatoms. The Bertz CT molecular complexity index is 425. The molecule has 2 aliphatic heterocycles. The van der Waals surface area contributed by atoms with Gasteiger partial charge < -0.3 is 10.6 Å². The van der Waals surface area contributed by atoms with Gasteiger partial charge in [-0.15, -0.1) is 5.17 Å². The number of nitrogens with two attached hydrogens (primary N) is 1. The average Bonchev–Trinajstić information content (AvgIpc) is 2.38. The smallest absolute Gasteiger partial charge is 0.311 e. The number of nitrogens with one attached hydrogen (secondary N) is 1. The number of allylic oxidation sites excluding steroid dienone is 3. The number of rotatable bonds is 1. The predicted molar refractivity (Wildman–Crippen MR) is 76.7 cm³/mol. The zero-order chi connectivity index (χ0) is 14.8. The molecule has 1 amide bonds. The number of hydrazine groups is 1. The lowest BCUT2D eigenvalue weighted by Gasteiger charge is -2.35. The molecule has 2 heterocycles. The molecule has 0 aromatic rings. The summed E-state index contributed by atoms with van der Waals surface area (Å²) in [5, 5.41) is 1.34. The molecule has 3 N–H and O–H groups in total. The van der Waals surface area contributed by atoms with Crippen molar-refractivity contribution in [2.75, 3.05) is 6.54 Å². The standard InChI is InChI=1S/C14H24N4O2/c1-14(2,3)11-7-6-10-18(16-11)20-13(19)17-9-5-4-8-12(17)15/h6-7,10,12,16H,4-5,8-9,15H2,1-3H3. The van der Waals surface area contributed by atoms with Crippen molar-refractivity contribution < 1.29 is 9.63 Å². The summed E-state index contributed by atoms with van der Waals surface area (Å²) in [7, 11) is 0. The van der Waals surface area contributed by atoms with Crippen molar-refractivity contribution in [1.29, 1.82) is 0 Å². The van der Waals surface area contributed by atoms with E-state index in [1.807, 2.05) is 12.2 Å². The van der Waals surface area contributed by atoms with Crippen LogP contribution in [0.3, 0.4) is 0 Å². The first kappa shape index (κ1) is 14.7. The summed E-state index contributed by atoms with van der Waals surface area (Å²) in [6, 6.07) is 0. The Labute approximate surface area is 120 Å². The summed E-state index contributed by atoms with van der Waals surface area (Å²) in [6.45, 7) is 6.92. The molecule has 0 aromatic carbocycles. The number of amides is 1. The van der Waals surface area contributed by atoms with Crippen LogP contribution in [0.5, 0.6) is 0 Å². The molecular weight excluding hydrogens is 256 g/mol. The third-order valence-corrected chi connectivity index (χ3v) is 3.48. The molecule has 20 heavy (non-hydrogen) atoms. The van der Waals surface area contributed by atoms with Crippen LogP contribution in [0.15, 0.2) is 24.0 Å². The molecule has 0 aromatic heterocycles. The number of carbonyl (C=O) groups excluding carboxylic acids is 1. The first-order valence-electron chi connectivity index (χ1n) is 7.07. The number of likely N-dealkylation sites (tertiary alicyclic amines) is 1. The number of carbonyl (C=O) groups is 1. The van der Waals surface area contributed by atoms with Gasteiger partial charge in [0.05, 0.1) is 12.4 Å². The largest absolute Gasteiger partial charge is 0.437 e. The van der Waals surface area contributed by atoms with Gasteiger partial charge in [-0.2, -0.15) is 0 Å². The van der Waals surface area contributed by atoms with Gasteiger partial charge in [-0.1, -0.05) is 20.8 Å². The number of hydrogen-bond donors (Lipinski definition) is 2. The molecule has 0 spiro atoms. The van der Waals surface area contributed by atoms with Crippen LogP contribution in [0.4, 0.5) is 4.79 Å². The van der Waals surface area contributed by atoms with E-state index in [-0.39, 0.29) is 11.6 Å². The van der Waals surface area contributed by atoms with E-state index in [9.17, 15) is 4.79 Å². The van der Waals surface area contributed by atoms with E-state index in [2.05, 4.69) is 26.2 Å². The number of hydroxylamine groups is 1. The van der Waals surface area contributed by atoms with Crippen molar-refractivity contribution in [3.63, 3.8) is 0 Å². The van der Waals surface area contributed by atoms with Gasteiger partial charge >= 0.3 is 6.09 Å². The quantitative estimate of drug-likeness (QED) is 0.769. The van der Waals surface area contributed by atoms with Gasteiger partial charge in [0.25, 0.3) is 0 Å². The van der Waals surface area contributed by atoms with Crippen molar-refractivity contribution in [2.24, 2.45) is 11.1 Å². The highest BCUT2D eigenvalue weighted by molar-refractivity contribution is 5.67. The van der Waals surface area contributed by atoms with E-state index < -0.39 is 6.09 Å². The molecule has 1 fully saturated rings. The monoisotopic (exact) mass is 280 g/mol. The third-order valence-electron chi connectivity index (χ3n) is 3.48. The molecule has 1 unspecified atom stereocenters. The van der Waals surface area contributed by atoms with Crippen molar-refractivity contribution in [1.82, 2.24) is 15.5 Å². The van der Waals surface area contributed by atoms with E-state index in [4.69, 9.17) is 10.6 Å². The molecule has 6 nitrogen and oxygen atoms in total. The highest BCUT2D eigenvalue weighted by Crippen LogP contribution is 2.25. The van der Waals surface area contributed by atoms with Crippen molar-refractivity contribution in [2.45, 2.75) is 46.2 Å². The maximum atomic E-state index is 12.1. The summed E-state index contributed by atoms with van der Waals surface area (Å²) >= 11 is 0. The molecular formula is C14H24N4O2. The van der Waals surface area contributed by atoms with Gasteiger partial charge in [0.15, 0.2) is 0 Å². The minimum absolute atomic E-state index is 0.0447. The van der Waals surface area contributed by atoms with Gasteiger partial charge in [0.1, 0.15) is 0 Å². The van der Waals surface area contributed by atoms with Crippen molar-refractivity contribution >= 4 is 6.09 Å². The van der Waals surface area contributed by atoms with E-state index in [0.717, 1.165) is 25.0 Å². The fourth-order valence-corrected chi connectivity index (χ4v) is 2.20. The summed E-state index contributed by atoms with van der Waals surface area (Å²) < 4.78 is 0. The van der Waals surface area contributed by atoms with Crippen LogP contribution in [0, 0.1) is 5.41 Å². The minimum Gasteiger partial charge on any atom is -0.311 e. The van der Waals surface area contributed by atoms with Gasteiger partial charge in [0.2, 0.25) is 0 Å². The lowest BCUT2D eigenvalue weighted by atomic mass is 9.91. The molecule has 1 saturated heterocycles. The topological polar surface area (TPSA) is 70.8 Å². The van der Waals surface area contributed by atoms with Gasteiger partial charge in [-0.3, -0.25) is 10.3 Å². The highest BCUT2D eigenvalue weighted by Gasteiger charge is 2.28. The van der Waals surface area contributed by atoms with Crippen LogP contribution in [0.1, 0.15) is 40.0 Å². The average molecular weight is 280 g/mol. The van der Waals surface area contributed by atoms with Crippen LogP contribution in [0.25, 0.3) is 0 Å². The first-order valence-corrected chi connectivity index (χ1v) is 7.07. The highest BCUT2D eigenvalue weighted by atomic mass is 16.7. The Kier molecular flexibility index (Phi) is 4.23. The van der Waals surface area contributed by atoms with Crippen LogP contribution < -0.4 is 11.2 Å². The van der Waals surface area contributed by atoms with Gasteiger partial charge in [0, 0.05) is 17.7 Å². The second kappa shape index (κ2) is 5.75. The number of nitrogens with zero attached hydrogens (tertiary/aromatic N) is 2.